The summed E-state index contributed by atoms with van der Waals surface area (Å²) in [5.41, 5.74) is 1.48. The summed E-state index contributed by atoms with van der Waals surface area (Å²) >= 11 is 0.760. The number of likely N-dealkylation sites (tertiary alicyclic amines) is 1. The van der Waals surface area contributed by atoms with Crippen molar-refractivity contribution >= 4 is 28.6 Å². The van der Waals surface area contributed by atoms with E-state index in [0.29, 0.717) is 50.7 Å². The molecule has 1 aromatic heterocycles. The predicted octanol–water partition coefficient (Wildman–Crippen LogP) is 5.82. The Morgan fingerprint density at radius 3 is 2.69 bits per heavy atom. The number of halogens is 4. The lowest BCUT2D eigenvalue weighted by atomic mass is 9.79. The number of piperidine rings is 1. The first-order chi connectivity index (χ1) is 18.7. The summed E-state index contributed by atoms with van der Waals surface area (Å²) in [6, 6.07) is 7.58. The molecule has 210 valence electrons. The number of ether oxygens (including phenoxy) is 1. The highest BCUT2D eigenvalue weighted by molar-refractivity contribution is 7.99. The van der Waals surface area contributed by atoms with Crippen molar-refractivity contribution < 1.29 is 37.3 Å². The number of methoxy groups -OCH3 is 1. The first kappa shape index (κ1) is 29.1. The Balaban J connectivity index is 1.36. The van der Waals surface area contributed by atoms with E-state index in [1.165, 1.54) is 0 Å². The van der Waals surface area contributed by atoms with Crippen LogP contribution in [0.3, 0.4) is 0 Å². The normalized spacial score (nSPS) is 18.8. The molecule has 0 bridgehead atoms. The molecule has 0 aliphatic carbocycles. The topological polar surface area (TPSA) is 82.9 Å². The number of benzene rings is 2. The zero-order valence-corrected chi connectivity index (χ0v) is 22.2. The van der Waals surface area contributed by atoms with E-state index in [2.05, 4.69) is 4.98 Å². The number of aromatic nitrogens is 1. The quantitative estimate of drug-likeness (QED) is 0.131. The van der Waals surface area contributed by atoms with E-state index in [9.17, 15) is 32.6 Å². The van der Waals surface area contributed by atoms with Gasteiger partial charge < -0.3 is 19.8 Å². The fraction of sp³-hybridized carbons (Fsp3) is 0.429. The number of carboxylic acid groups (broad SMARTS) is 1. The molecule has 3 atom stereocenters. The summed E-state index contributed by atoms with van der Waals surface area (Å²) in [7, 11) is 1.57. The van der Waals surface area contributed by atoms with Gasteiger partial charge >= 0.3 is 5.97 Å². The summed E-state index contributed by atoms with van der Waals surface area (Å²) in [6.07, 6.45) is 2.63. The molecule has 3 aromatic rings. The van der Waals surface area contributed by atoms with Gasteiger partial charge in [-0.15, -0.1) is 11.8 Å². The second-order valence-corrected chi connectivity index (χ2v) is 10.8. The van der Waals surface area contributed by atoms with Gasteiger partial charge in [-0.3, -0.25) is 9.78 Å². The Labute approximate surface area is 228 Å². The number of carboxylic acids is 1. The summed E-state index contributed by atoms with van der Waals surface area (Å²) in [6.45, 7) is 1.53. The summed E-state index contributed by atoms with van der Waals surface area (Å²) < 4.78 is 59.9. The van der Waals surface area contributed by atoms with Crippen molar-refractivity contribution in [2.24, 2.45) is 11.8 Å². The number of hydrogen-bond acceptors (Lipinski definition) is 6. The molecular formula is C28H30F4N2O4S. The number of rotatable bonds is 11. The number of fused-ring (bicyclic) bond motifs is 1. The molecule has 2 aromatic carbocycles. The minimum Gasteiger partial charge on any atom is -0.497 e. The van der Waals surface area contributed by atoms with E-state index in [-0.39, 0.29) is 24.0 Å². The number of aliphatic hydroxyl groups excluding tert-OH is 1. The molecule has 0 spiro atoms. The van der Waals surface area contributed by atoms with Crippen molar-refractivity contribution in [2.75, 3.05) is 32.5 Å². The highest BCUT2D eigenvalue weighted by Crippen LogP contribution is 2.35. The first-order valence-corrected chi connectivity index (χ1v) is 13.7. The van der Waals surface area contributed by atoms with Gasteiger partial charge in [0.2, 0.25) is 0 Å². The van der Waals surface area contributed by atoms with Gasteiger partial charge in [-0.1, -0.05) is 0 Å². The van der Waals surface area contributed by atoms with Gasteiger partial charge in [-0.05, 0) is 67.5 Å². The maximum atomic E-state index is 14.0. The number of nitrogens with zero attached hydrogens (tertiary/aromatic N) is 2. The van der Waals surface area contributed by atoms with E-state index in [4.69, 9.17) is 4.74 Å². The second kappa shape index (κ2) is 13.0. The van der Waals surface area contributed by atoms with Crippen LogP contribution in [0, 0.1) is 35.1 Å². The molecule has 4 rings (SSSR count). The van der Waals surface area contributed by atoms with Gasteiger partial charge in [-0.2, -0.15) is 0 Å². The SMILES string of the molecule is COc1ccc2nccc([C@H](O)CC[C@@H]3CCN(CCSc4c(F)cc(F)c(F)c4F)C[C@@H]3CC(=O)O)c2c1. The van der Waals surface area contributed by atoms with Gasteiger partial charge in [0.25, 0.3) is 0 Å². The van der Waals surface area contributed by atoms with E-state index >= 15 is 0 Å². The standard InChI is InChI=1S/C28H30F4N2O4S/c1-38-18-3-4-23-20(13-18)19(6-8-33-23)24(35)5-2-16-7-9-34(15-17(16)12-25(36)37)10-11-39-28-22(30)14-21(29)26(31)27(28)32/h3-4,6,8,13-14,16-17,24,35H,2,5,7,9-12,15H2,1H3,(H,36,37)/t16-,17+,24-/m1/s1. The maximum Gasteiger partial charge on any atom is 0.303 e. The zero-order valence-electron chi connectivity index (χ0n) is 21.4. The summed E-state index contributed by atoms with van der Waals surface area (Å²) in [4.78, 5) is 17.4. The fourth-order valence-corrected chi connectivity index (χ4v) is 6.21. The molecule has 0 radical (unpaired) electrons. The monoisotopic (exact) mass is 566 g/mol. The number of carbonyl (C=O) groups is 1. The fourth-order valence-electron chi connectivity index (χ4n) is 5.24. The maximum absolute atomic E-state index is 14.0. The highest BCUT2D eigenvalue weighted by Gasteiger charge is 2.31. The predicted molar refractivity (Wildman–Crippen MR) is 140 cm³/mol. The lowest BCUT2D eigenvalue weighted by molar-refractivity contribution is -0.139. The van der Waals surface area contributed by atoms with Gasteiger partial charge in [0.15, 0.2) is 17.5 Å². The molecule has 1 saturated heterocycles. The number of pyridine rings is 1. The van der Waals surface area contributed by atoms with E-state index in [1.807, 2.05) is 17.0 Å². The molecule has 1 aliphatic heterocycles. The molecule has 2 N–H and O–H groups in total. The minimum atomic E-state index is -1.71. The second-order valence-electron chi connectivity index (χ2n) is 9.73. The molecule has 0 saturated carbocycles. The number of aliphatic hydroxyl groups is 1. The Bertz CT molecular complexity index is 1330. The molecule has 0 amide bonds. The molecular weight excluding hydrogens is 536 g/mol. The van der Waals surface area contributed by atoms with Crippen LogP contribution in [0.4, 0.5) is 17.6 Å². The van der Waals surface area contributed by atoms with Gasteiger partial charge in [0.1, 0.15) is 11.6 Å². The third-order valence-corrected chi connectivity index (χ3v) is 8.34. The molecule has 39 heavy (non-hydrogen) atoms. The van der Waals surface area contributed by atoms with Crippen LogP contribution in [0.1, 0.15) is 37.4 Å². The molecule has 11 heteroatoms. The summed E-state index contributed by atoms with van der Waals surface area (Å²) in [5, 5.41) is 21.3. The Morgan fingerprint density at radius 2 is 1.95 bits per heavy atom. The highest BCUT2D eigenvalue weighted by atomic mass is 32.2. The van der Waals surface area contributed by atoms with Crippen LogP contribution in [-0.4, -0.2) is 58.6 Å². The van der Waals surface area contributed by atoms with Crippen molar-refractivity contribution in [3.05, 3.63) is 65.4 Å². The van der Waals surface area contributed by atoms with Crippen LogP contribution in [0.25, 0.3) is 10.9 Å². The van der Waals surface area contributed by atoms with Crippen molar-refractivity contribution in [3.63, 3.8) is 0 Å². The van der Waals surface area contributed by atoms with Gasteiger partial charge in [-0.25, -0.2) is 17.6 Å². The summed E-state index contributed by atoms with van der Waals surface area (Å²) in [5.74, 6) is -6.11. The van der Waals surface area contributed by atoms with E-state index < -0.39 is 40.2 Å². The van der Waals surface area contributed by atoms with E-state index in [1.54, 1.807) is 25.4 Å². The van der Waals surface area contributed by atoms with Crippen molar-refractivity contribution in [1.29, 1.82) is 0 Å². The Morgan fingerprint density at radius 1 is 1.15 bits per heavy atom. The first-order valence-electron chi connectivity index (χ1n) is 12.7. The average molecular weight is 567 g/mol. The van der Waals surface area contributed by atoms with Crippen LogP contribution >= 0.6 is 11.8 Å². The van der Waals surface area contributed by atoms with Crippen LogP contribution in [-0.2, 0) is 4.79 Å². The van der Waals surface area contributed by atoms with Crippen LogP contribution in [0.5, 0.6) is 5.75 Å². The largest absolute Gasteiger partial charge is 0.497 e. The van der Waals surface area contributed by atoms with Gasteiger partial charge in [0.05, 0.1) is 23.6 Å². The lowest BCUT2D eigenvalue weighted by Crippen LogP contribution is -2.42. The van der Waals surface area contributed by atoms with E-state index in [0.717, 1.165) is 28.2 Å². The average Bonchev–Trinajstić information content (AvgIpc) is 2.92. The van der Waals surface area contributed by atoms with Crippen molar-refractivity contribution in [2.45, 2.75) is 36.7 Å². The minimum absolute atomic E-state index is 0.0355. The number of thioether (sulfide) groups is 1. The van der Waals surface area contributed by atoms with Crippen LogP contribution in [0.15, 0.2) is 41.4 Å². The lowest BCUT2D eigenvalue weighted by Gasteiger charge is -2.38. The third-order valence-electron chi connectivity index (χ3n) is 7.29. The molecule has 2 heterocycles. The zero-order chi connectivity index (χ0) is 28.1. The van der Waals surface area contributed by atoms with Crippen molar-refractivity contribution in [1.82, 2.24) is 9.88 Å². The van der Waals surface area contributed by atoms with Crippen molar-refractivity contribution in [3.8, 4) is 5.75 Å². The van der Waals surface area contributed by atoms with Crippen LogP contribution in [0.2, 0.25) is 0 Å². The smallest absolute Gasteiger partial charge is 0.303 e. The number of aliphatic carboxylic acids is 1. The molecule has 6 nitrogen and oxygen atoms in total. The van der Waals surface area contributed by atoms with Gasteiger partial charge in [0, 0.05) is 42.9 Å². The molecule has 0 unspecified atom stereocenters. The van der Waals surface area contributed by atoms with Crippen LogP contribution < -0.4 is 4.74 Å². The Hall–Kier alpha value is -2.89. The third kappa shape index (κ3) is 7.01. The molecule has 1 aliphatic rings. The molecule has 1 fully saturated rings. The Kier molecular flexibility index (Phi) is 9.68. The number of hydrogen-bond donors (Lipinski definition) is 2.